The molecule has 0 aliphatic carbocycles. The summed E-state index contributed by atoms with van der Waals surface area (Å²) >= 11 is 0. The summed E-state index contributed by atoms with van der Waals surface area (Å²) in [5.41, 5.74) is 9.05. The maximum absolute atomic E-state index is 12.3. The number of methoxy groups -OCH3 is 1. The van der Waals surface area contributed by atoms with Crippen molar-refractivity contribution < 1.29 is 14.2 Å². The molecule has 0 aliphatic heterocycles. The number of nitrogens with one attached hydrogen (secondary N) is 1. The molecule has 3 heterocycles. The van der Waals surface area contributed by atoms with Gasteiger partial charge >= 0.3 is 0 Å². The third-order valence-electron chi connectivity index (χ3n) is 3.02. The highest BCUT2D eigenvalue weighted by molar-refractivity contribution is 5.94. The topological polar surface area (TPSA) is 159 Å². The van der Waals surface area contributed by atoms with Crippen LogP contribution in [0.25, 0.3) is 5.82 Å². The number of nitrogens with zero attached hydrogens (tertiary/aromatic N) is 7. The Kier molecular flexibility index (Phi) is 4.71. The minimum absolute atomic E-state index is 0.00353. The van der Waals surface area contributed by atoms with Gasteiger partial charge in [-0.3, -0.25) is 9.78 Å². The van der Waals surface area contributed by atoms with Crippen LogP contribution in [0.2, 0.25) is 0 Å². The molecule has 25 heavy (non-hydrogen) atoms. The highest BCUT2D eigenvalue weighted by Crippen LogP contribution is 2.16. The van der Waals surface area contributed by atoms with Crippen LogP contribution in [0.1, 0.15) is 21.7 Å². The van der Waals surface area contributed by atoms with E-state index in [2.05, 4.69) is 40.8 Å². The molecular formula is C13H13N9O3. The van der Waals surface area contributed by atoms with Crippen molar-refractivity contribution in [3.63, 3.8) is 0 Å². The molecule has 0 saturated carbocycles. The predicted molar refractivity (Wildman–Crippen MR) is 83.6 cm³/mol. The lowest BCUT2D eigenvalue weighted by Gasteiger charge is -2.03. The van der Waals surface area contributed by atoms with Crippen LogP contribution in [0, 0.1) is 0 Å². The van der Waals surface area contributed by atoms with Gasteiger partial charge in [0, 0.05) is 25.1 Å². The van der Waals surface area contributed by atoms with E-state index in [-0.39, 0.29) is 23.9 Å². The Bertz CT molecular complexity index is 887. The zero-order chi connectivity index (χ0) is 17.6. The van der Waals surface area contributed by atoms with E-state index in [0.717, 1.165) is 5.56 Å². The standard InChI is InChI=1S/C13H13N9O3/c1-24-7-9-10(17-21-22(9)12-11(14)19-25-20-12)13(23)18-16-6-8-3-2-4-15-5-8/h2-6H,7H2,1H3,(H2,14,19)(H,18,23)/b16-6+. The Hall–Kier alpha value is -3.67. The molecule has 3 aromatic heterocycles. The Morgan fingerprint density at radius 2 is 2.40 bits per heavy atom. The van der Waals surface area contributed by atoms with Gasteiger partial charge in [0.2, 0.25) is 11.6 Å². The summed E-state index contributed by atoms with van der Waals surface area (Å²) in [6.07, 6.45) is 4.68. The Balaban J connectivity index is 1.82. The second kappa shape index (κ2) is 7.27. The van der Waals surface area contributed by atoms with Gasteiger partial charge in [-0.05, 0) is 16.4 Å². The number of nitrogens with two attached hydrogens (primary N) is 1. The second-order valence-electron chi connectivity index (χ2n) is 4.69. The molecule has 3 rings (SSSR count). The number of nitrogen functional groups attached to an aromatic ring is 1. The number of hydrazone groups is 1. The lowest BCUT2D eigenvalue weighted by Crippen LogP contribution is -2.20. The maximum atomic E-state index is 12.3. The first kappa shape index (κ1) is 16.2. The Morgan fingerprint density at radius 3 is 3.08 bits per heavy atom. The SMILES string of the molecule is COCc1c(C(=O)N/N=C/c2cccnc2)nnn1-c1nonc1N. The molecule has 1 amide bonds. The quantitative estimate of drug-likeness (QED) is 0.446. The van der Waals surface area contributed by atoms with Gasteiger partial charge in [-0.1, -0.05) is 11.3 Å². The number of carbonyl (C=O) groups excluding carboxylic acids is 1. The predicted octanol–water partition coefficient (Wildman–Crippen LogP) is -0.462. The van der Waals surface area contributed by atoms with Crippen LogP contribution in [0.3, 0.4) is 0 Å². The third kappa shape index (κ3) is 3.48. The number of rotatable bonds is 6. The number of aromatic nitrogens is 6. The van der Waals surface area contributed by atoms with Crippen LogP contribution in [0.5, 0.6) is 0 Å². The molecule has 0 atom stereocenters. The normalized spacial score (nSPS) is 11.1. The van der Waals surface area contributed by atoms with Crippen molar-refractivity contribution in [1.82, 2.24) is 35.7 Å². The summed E-state index contributed by atoms with van der Waals surface area (Å²) in [6.45, 7) is 0.0361. The van der Waals surface area contributed by atoms with E-state index in [1.54, 1.807) is 24.5 Å². The van der Waals surface area contributed by atoms with E-state index in [9.17, 15) is 4.79 Å². The third-order valence-corrected chi connectivity index (χ3v) is 3.02. The molecule has 3 aromatic rings. The molecule has 0 spiro atoms. The number of amides is 1. The number of anilines is 1. The highest BCUT2D eigenvalue weighted by Gasteiger charge is 2.23. The van der Waals surface area contributed by atoms with Gasteiger partial charge in [0.15, 0.2) is 5.69 Å². The first-order chi connectivity index (χ1) is 12.2. The zero-order valence-electron chi connectivity index (χ0n) is 13.0. The molecule has 0 bridgehead atoms. The van der Waals surface area contributed by atoms with Crippen LogP contribution in [-0.4, -0.2) is 49.5 Å². The van der Waals surface area contributed by atoms with Gasteiger partial charge in [-0.2, -0.15) is 9.78 Å². The van der Waals surface area contributed by atoms with E-state index < -0.39 is 5.91 Å². The maximum Gasteiger partial charge on any atom is 0.293 e. The first-order valence-electron chi connectivity index (χ1n) is 6.96. The average molecular weight is 343 g/mol. The minimum Gasteiger partial charge on any atom is -0.378 e. The highest BCUT2D eigenvalue weighted by atomic mass is 16.6. The average Bonchev–Trinajstić information content (AvgIpc) is 3.22. The van der Waals surface area contributed by atoms with Crippen molar-refractivity contribution in [2.45, 2.75) is 6.61 Å². The van der Waals surface area contributed by atoms with Gasteiger partial charge in [-0.25, -0.2) is 10.1 Å². The van der Waals surface area contributed by atoms with Crippen molar-refractivity contribution in [3.8, 4) is 5.82 Å². The van der Waals surface area contributed by atoms with Crippen molar-refractivity contribution in [3.05, 3.63) is 41.5 Å². The van der Waals surface area contributed by atoms with E-state index in [4.69, 9.17) is 10.5 Å². The summed E-state index contributed by atoms with van der Waals surface area (Å²) in [4.78, 5) is 16.2. The van der Waals surface area contributed by atoms with Gasteiger partial charge < -0.3 is 10.5 Å². The molecular weight excluding hydrogens is 330 g/mol. The van der Waals surface area contributed by atoms with Crippen LogP contribution in [-0.2, 0) is 11.3 Å². The van der Waals surface area contributed by atoms with Crippen LogP contribution < -0.4 is 11.2 Å². The van der Waals surface area contributed by atoms with Crippen molar-refractivity contribution in [1.29, 1.82) is 0 Å². The van der Waals surface area contributed by atoms with E-state index in [0.29, 0.717) is 5.69 Å². The first-order valence-corrected chi connectivity index (χ1v) is 6.96. The lowest BCUT2D eigenvalue weighted by atomic mass is 10.3. The van der Waals surface area contributed by atoms with Crippen LogP contribution in [0.4, 0.5) is 5.82 Å². The van der Waals surface area contributed by atoms with Gasteiger partial charge in [0.1, 0.15) is 5.69 Å². The summed E-state index contributed by atoms with van der Waals surface area (Å²) in [6, 6.07) is 3.54. The monoisotopic (exact) mass is 343 g/mol. The molecule has 12 heteroatoms. The molecule has 0 radical (unpaired) electrons. The van der Waals surface area contributed by atoms with E-state index >= 15 is 0 Å². The summed E-state index contributed by atoms with van der Waals surface area (Å²) in [5, 5.41) is 18.6. The fraction of sp³-hybridized carbons (Fsp3) is 0.154. The van der Waals surface area contributed by atoms with Crippen LogP contribution >= 0.6 is 0 Å². The van der Waals surface area contributed by atoms with Crippen molar-refractivity contribution in [2.24, 2.45) is 5.10 Å². The molecule has 12 nitrogen and oxygen atoms in total. The molecule has 0 aliphatic rings. The van der Waals surface area contributed by atoms with E-state index in [1.165, 1.54) is 18.0 Å². The number of pyridine rings is 1. The molecule has 0 saturated heterocycles. The molecule has 128 valence electrons. The van der Waals surface area contributed by atoms with Crippen molar-refractivity contribution >= 4 is 17.9 Å². The lowest BCUT2D eigenvalue weighted by molar-refractivity contribution is 0.0944. The summed E-state index contributed by atoms with van der Waals surface area (Å²) < 4.78 is 10.8. The number of carbonyl (C=O) groups is 1. The number of hydrogen-bond donors (Lipinski definition) is 2. The fourth-order valence-electron chi connectivity index (χ4n) is 1.92. The van der Waals surface area contributed by atoms with Gasteiger partial charge in [0.05, 0.1) is 12.8 Å². The molecule has 3 N–H and O–H groups in total. The summed E-state index contributed by atoms with van der Waals surface area (Å²) in [5.74, 6) is -0.463. The smallest absolute Gasteiger partial charge is 0.293 e. The molecule has 0 unspecified atom stereocenters. The summed E-state index contributed by atoms with van der Waals surface area (Å²) in [7, 11) is 1.46. The second-order valence-corrected chi connectivity index (χ2v) is 4.69. The molecule has 0 aromatic carbocycles. The van der Waals surface area contributed by atoms with Crippen LogP contribution in [0.15, 0.2) is 34.3 Å². The zero-order valence-corrected chi connectivity index (χ0v) is 13.0. The van der Waals surface area contributed by atoms with Gasteiger partial charge in [0.25, 0.3) is 5.91 Å². The number of ether oxygens (including phenoxy) is 1. The number of hydrogen-bond acceptors (Lipinski definition) is 10. The minimum atomic E-state index is -0.575. The Labute approximate surface area is 140 Å². The molecule has 0 fully saturated rings. The van der Waals surface area contributed by atoms with E-state index in [1.807, 2.05) is 0 Å². The van der Waals surface area contributed by atoms with Gasteiger partial charge in [-0.15, -0.1) is 5.10 Å². The van der Waals surface area contributed by atoms with Crippen molar-refractivity contribution in [2.75, 3.05) is 12.8 Å². The fourth-order valence-corrected chi connectivity index (χ4v) is 1.92. The Morgan fingerprint density at radius 1 is 1.52 bits per heavy atom. The largest absolute Gasteiger partial charge is 0.378 e.